The highest BCUT2D eigenvalue weighted by atomic mass is 16.5. The highest BCUT2D eigenvalue weighted by Crippen LogP contribution is 2.24. The minimum atomic E-state index is 0.0151. The van der Waals surface area contributed by atoms with Gasteiger partial charge < -0.3 is 10.3 Å². The lowest BCUT2D eigenvalue weighted by Gasteiger charge is -2.13. The third-order valence-corrected chi connectivity index (χ3v) is 3.14. The van der Waals surface area contributed by atoms with E-state index in [1.165, 1.54) is 5.56 Å². The molecule has 0 amide bonds. The molecule has 2 atom stereocenters. The second-order valence-electron chi connectivity index (χ2n) is 4.70. The summed E-state index contributed by atoms with van der Waals surface area (Å²) in [7, 11) is 0. The van der Waals surface area contributed by atoms with Gasteiger partial charge in [0.1, 0.15) is 0 Å². The minimum Gasteiger partial charge on any atom is -0.339 e. The maximum Gasteiger partial charge on any atom is 0.231 e. The number of rotatable bonds is 4. The lowest BCUT2D eigenvalue weighted by molar-refractivity contribution is 0.334. The van der Waals surface area contributed by atoms with Crippen molar-refractivity contribution >= 4 is 0 Å². The van der Waals surface area contributed by atoms with Gasteiger partial charge in [-0.2, -0.15) is 4.98 Å². The number of aryl methyl sites for hydroxylation is 1. The van der Waals surface area contributed by atoms with Crippen molar-refractivity contribution in [2.75, 3.05) is 0 Å². The molecule has 2 aromatic rings. The molecule has 4 nitrogen and oxygen atoms in total. The number of aromatic nitrogens is 2. The van der Waals surface area contributed by atoms with Crippen LogP contribution in [0.25, 0.3) is 11.4 Å². The summed E-state index contributed by atoms with van der Waals surface area (Å²) in [5.41, 5.74) is 8.10. The van der Waals surface area contributed by atoms with Crippen molar-refractivity contribution in [3.63, 3.8) is 0 Å². The number of nitrogens with two attached hydrogens (primary N) is 1. The summed E-state index contributed by atoms with van der Waals surface area (Å²) in [5, 5.41) is 4.03. The molecule has 2 N–H and O–H groups in total. The van der Waals surface area contributed by atoms with Crippen LogP contribution in [0.15, 0.2) is 28.8 Å². The van der Waals surface area contributed by atoms with E-state index in [2.05, 4.69) is 24.0 Å². The van der Waals surface area contributed by atoms with Gasteiger partial charge >= 0.3 is 0 Å². The molecule has 0 aliphatic rings. The van der Waals surface area contributed by atoms with Crippen molar-refractivity contribution in [2.45, 2.75) is 39.2 Å². The number of benzene rings is 1. The first-order valence-electron chi connectivity index (χ1n) is 6.28. The van der Waals surface area contributed by atoms with E-state index < -0.39 is 0 Å². The van der Waals surface area contributed by atoms with Crippen LogP contribution in [0.3, 0.4) is 0 Å². The Kier molecular flexibility index (Phi) is 3.77. The molecule has 0 saturated carbocycles. The topological polar surface area (TPSA) is 64.9 Å². The Morgan fingerprint density at radius 1 is 1.28 bits per heavy atom. The molecule has 18 heavy (non-hydrogen) atoms. The summed E-state index contributed by atoms with van der Waals surface area (Å²) >= 11 is 0. The molecule has 1 aromatic carbocycles. The first kappa shape index (κ1) is 12.8. The van der Waals surface area contributed by atoms with Gasteiger partial charge in [0.15, 0.2) is 0 Å². The summed E-state index contributed by atoms with van der Waals surface area (Å²) < 4.78 is 5.32. The van der Waals surface area contributed by atoms with Crippen LogP contribution in [0.2, 0.25) is 0 Å². The molecule has 96 valence electrons. The fourth-order valence-corrected chi connectivity index (χ4v) is 1.98. The molecule has 0 aliphatic carbocycles. The van der Waals surface area contributed by atoms with Crippen molar-refractivity contribution < 1.29 is 4.52 Å². The lowest BCUT2D eigenvalue weighted by atomic mass is 9.99. The molecular weight excluding hydrogens is 226 g/mol. The van der Waals surface area contributed by atoms with Gasteiger partial charge in [-0.25, -0.2) is 0 Å². The zero-order valence-electron chi connectivity index (χ0n) is 11.1. The molecule has 0 fully saturated rings. The Morgan fingerprint density at radius 2 is 1.94 bits per heavy atom. The maximum atomic E-state index is 5.92. The Bertz CT molecular complexity index is 502. The van der Waals surface area contributed by atoms with Crippen LogP contribution in [-0.4, -0.2) is 16.2 Å². The summed E-state index contributed by atoms with van der Waals surface area (Å²) in [4.78, 5) is 4.44. The molecule has 0 saturated heterocycles. The maximum absolute atomic E-state index is 5.92. The number of nitrogens with zero attached hydrogens (tertiary/aromatic N) is 2. The zero-order valence-corrected chi connectivity index (χ0v) is 11.1. The van der Waals surface area contributed by atoms with Crippen molar-refractivity contribution in [3.05, 3.63) is 35.7 Å². The zero-order chi connectivity index (χ0) is 13.1. The summed E-state index contributed by atoms with van der Waals surface area (Å²) in [6.45, 7) is 6.09. The Hall–Kier alpha value is -1.68. The molecule has 0 bridgehead atoms. The van der Waals surface area contributed by atoms with E-state index in [0.717, 1.165) is 12.0 Å². The Labute approximate surface area is 107 Å². The molecule has 0 spiro atoms. The van der Waals surface area contributed by atoms with E-state index in [1.807, 2.05) is 31.2 Å². The van der Waals surface area contributed by atoms with Crippen LogP contribution >= 0.6 is 0 Å². The molecular formula is C14H19N3O. The van der Waals surface area contributed by atoms with Crippen LogP contribution in [-0.2, 0) is 0 Å². The van der Waals surface area contributed by atoms with Gasteiger partial charge in [-0.15, -0.1) is 0 Å². The Balaban J connectivity index is 2.27. The minimum absolute atomic E-state index is 0.0151. The second kappa shape index (κ2) is 5.31. The van der Waals surface area contributed by atoms with Gasteiger partial charge in [-0.1, -0.05) is 41.9 Å². The van der Waals surface area contributed by atoms with Gasteiger partial charge in [0, 0.05) is 11.6 Å². The predicted molar refractivity (Wildman–Crippen MR) is 71.2 cm³/mol. The summed E-state index contributed by atoms with van der Waals surface area (Å²) in [6, 6.07) is 8.08. The standard InChI is InChI=1S/C14H19N3O/c1-4-12(10(3)15)14-16-13(17-18-14)11-7-5-9(2)6-8-11/h5-8,10,12H,4,15H2,1-3H3. The fraction of sp³-hybridized carbons (Fsp3) is 0.429. The molecule has 0 aliphatic heterocycles. The van der Waals surface area contributed by atoms with Crippen molar-refractivity contribution in [1.29, 1.82) is 0 Å². The molecule has 1 heterocycles. The van der Waals surface area contributed by atoms with E-state index >= 15 is 0 Å². The highest BCUT2D eigenvalue weighted by Gasteiger charge is 2.21. The van der Waals surface area contributed by atoms with Crippen LogP contribution in [0.5, 0.6) is 0 Å². The molecule has 1 aromatic heterocycles. The van der Waals surface area contributed by atoms with Gasteiger partial charge in [-0.3, -0.25) is 0 Å². The van der Waals surface area contributed by atoms with E-state index in [9.17, 15) is 0 Å². The van der Waals surface area contributed by atoms with Crippen LogP contribution < -0.4 is 5.73 Å². The third-order valence-electron chi connectivity index (χ3n) is 3.14. The van der Waals surface area contributed by atoms with Crippen LogP contribution in [0.1, 0.15) is 37.6 Å². The van der Waals surface area contributed by atoms with Gasteiger partial charge in [0.05, 0.1) is 5.92 Å². The first-order chi connectivity index (χ1) is 8.61. The van der Waals surface area contributed by atoms with Gasteiger partial charge in [0.2, 0.25) is 11.7 Å². The van der Waals surface area contributed by atoms with E-state index in [0.29, 0.717) is 11.7 Å². The van der Waals surface area contributed by atoms with E-state index in [-0.39, 0.29) is 12.0 Å². The van der Waals surface area contributed by atoms with E-state index in [4.69, 9.17) is 10.3 Å². The van der Waals surface area contributed by atoms with Crippen molar-refractivity contribution in [3.8, 4) is 11.4 Å². The average molecular weight is 245 g/mol. The SMILES string of the molecule is CCC(c1nc(-c2ccc(C)cc2)no1)C(C)N. The predicted octanol–water partition coefficient (Wildman–Crippen LogP) is 2.89. The number of hydrogen-bond donors (Lipinski definition) is 1. The molecule has 0 radical (unpaired) electrons. The normalized spacial score (nSPS) is 14.4. The molecule has 2 unspecified atom stereocenters. The third kappa shape index (κ3) is 2.59. The number of hydrogen-bond acceptors (Lipinski definition) is 4. The van der Waals surface area contributed by atoms with Gasteiger partial charge in [-0.05, 0) is 20.3 Å². The van der Waals surface area contributed by atoms with Gasteiger partial charge in [0.25, 0.3) is 0 Å². The Morgan fingerprint density at radius 3 is 2.50 bits per heavy atom. The van der Waals surface area contributed by atoms with Crippen molar-refractivity contribution in [1.82, 2.24) is 10.1 Å². The summed E-state index contributed by atoms with van der Waals surface area (Å²) in [5.74, 6) is 1.38. The quantitative estimate of drug-likeness (QED) is 0.899. The monoisotopic (exact) mass is 245 g/mol. The summed E-state index contributed by atoms with van der Waals surface area (Å²) in [6.07, 6.45) is 0.896. The molecule has 2 rings (SSSR count). The van der Waals surface area contributed by atoms with Crippen LogP contribution in [0, 0.1) is 6.92 Å². The lowest BCUT2D eigenvalue weighted by Crippen LogP contribution is -2.24. The largest absolute Gasteiger partial charge is 0.339 e. The van der Waals surface area contributed by atoms with Crippen molar-refractivity contribution in [2.24, 2.45) is 5.73 Å². The average Bonchev–Trinajstić information content (AvgIpc) is 2.80. The fourth-order valence-electron chi connectivity index (χ4n) is 1.98. The first-order valence-corrected chi connectivity index (χ1v) is 6.28. The highest BCUT2D eigenvalue weighted by molar-refractivity contribution is 5.54. The van der Waals surface area contributed by atoms with E-state index in [1.54, 1.807) is 0 Å². The second-order valence-corrected chi connectivity index (χ2v) is 4.70. The molecule has 4 heteroatoms. The smallest absolute Gasteiger partial charge is 0.231 e. The van der Waals surface area contributed by atoms with Crippen LogP contribution in [0.4, 0.5) is 0 Å².